The van der Waals surface area contributed by atoms with Crippen molar-refractivity contribution in [3.05, 3.63) is 35.4 Å². The molecule has 1 aromatic rings. The van der Waals surface area contributed by atoms with Gasteiger partial charge in [0.1, 0.15) is 0 Å². The Labute approximate surface area is 124 Å². The van der Waals surface area contributed by atoms with Crippen molar-refractivity contribution >= 4 is 11.9 Å². The van der Waals surface area contributed by atoms with Crippen LogP contribution in [0.25, 0.3) is 0 Å². The first-order valence-corrected chi connectivity index (χ1v) is 6.87. The number of nitrogens with one attached hydrogen (secondary N) is 1. The molecule has 0 fully saturated rings. The summed E-state index contributed by atoms with van der Waals surface area (Å²) in [5.74, 6) is -1.27. The molecule has 0 aliphatic rings. The number of amides is 1. The Kier molecular flexibility index (Phi) is 5.48. The van der Waals surface area contributed by atoms with Crippen molar-refractivity contribution in [2.75, 3.05) is 0 Å². The largest absolute Gasteiger partial charge is 0.481 e. The van der Waals surface area contributed by atoms with Gasteiger partial charge in [-0.05, 0) is 44.5 Å². The predicted octanol–water partition coefficient (Wildman–Crippen LogP) is 2.57. The van der Waals surface area contributed by atoms with Crippen LogP contribution in [0.2, 0.25) is 0 Å². The molecule has 112 valence electrons. The fraction of sp³-hybridized carbons (Fsp3) is 0.438. The van der Waals surface area contributed by atoms with Gasteiger partial charge in [0, 0.05) is 11.6 Å². The van der Waals surface area contributed by atoms with Gasteiger partial charge in [0.25, 0.3) is 5.91 Å². The van der Waals surface area contributed by atoms with Crippen LogP contribution < -0.4 is 5.32 Å². The highest BCUT2D eigenvalue weighted by Gasteiger charge is 2.37. The first kappa shape index (κ1) is 16.7. The van der Waals surface area contributed by atoms with Gasteiger partial charge >= 0.3 is 5.97 Å². The van der Waals surface area contributed by atoms with E-state index in [0.717, 1.165) is 6.42 Å². The Hall–Kier alpha value is -2.35. The van der Waals surface area contributed by atoms with Gasteiger partial charge in [-0.3, -0.25) is 9.59 Å². The summed E-state index contributed by atoms with van der Waals surface area (Å²) >= 11 is 0. The molecule has 0 aromatic heterocycles. The van der Waals surface area contributed by atoms with E-state index in [-0.39, 0.29) is 5.91 Å². The highest BCUT2D eigenvalue weighted by molar-refractivity contribution is 5.95. The van der Waals surface area contributed by atoms with E-state index >= 15 is 0 Å². The first-order valence-electron chi connectivity index (χ1n) is 6.87. The van der Waals surface area contributed by atoms with Crippen LogP contribution in [0.1, 0.15) is 49.5 Å². The van der Waals surface area contributed by atoms with Crippen LogP contribution in [-0.4, -0.2) is 23.0 Å². The fourth-order valence-electron chi connectivity index (χ4n) is 1.99. The Balaban J connectivity index is 2.90. The molecule has 1 aromatic carbocycles. The van der Waals surface area contributed by atoms with E-state index < -0.39 is 17.4 Å². The third-order valence-electron chi connectivity index (χ3n) is 3.58. The fourth-order valence-corrected chi connectivity index (χ4v) is 1.99. The number of aliphatic carboxylic acids is 1. The molecule has 21 heavy (non-hydrogen) atoms. The van der Waals surface area contributed by atoms with E-state index in [0.29, 0.717) is 17.5 Å². The zero-order valence-corrected chi connectivity index (χ0v) is 12.5. The molecule has 0 heterocycles. The number of nitriles is 1. The Bertz CT molecular complexity index is 556. The summed E-state index contributed by atoms with van der Waals surface area (Å²) in [6.07, 6.45) is 1.36. The average Bonchev–Trinajstić information content (AvgIpc) is 2.46. The van der Waals surface area contributed by atoms with Gasteiger partial charge < -0.3 is 10.4 Å². The van der Waals surface area contributed by atoms with Crippen LogP contribution in [0.5, 0.6) is 0 Å². The zero-order chi connectivity index (χ0) is 16.0. The molecule has 0 radical (unpaired) electrons. The van der Waals surface area contributed by atoms with E-state index in [9.17, 15) is 14.7 Å². The van der Waals surface area contributed by atoms with E-state index in [1.165, 1.54) is 0 Å². The van der Waals surface area contributed by atoms with Gasteiger partial charge in [-0.1, -0.05) is 13.3 Å². The van der Waals surface area contributed by atoms with Crippen molar-refractivity contribution in [1.29, 1.82) is 5.26 Å². The predicted molar refractivity (Wildman–Crippen MR) is 78.7 cm³/mol. The molecule has 0 aliphatic carbocycles. The first-order chi connectivity index (χ1) is 9.82. The van der Waals surface area contributed by atoms with E-state index in [4.69, 9.17) is 5.26 Å². The van der Waals surface area contributed by atoms with Crippen molar-refractivity contribution in [2.24, 2.45) is 5.41 Å². The summed E-state index contributed by atoms with van der Waals surface area (Å²) in [5, 5.41) is 20.8. The summed E-state index contributed by atoms with van der Waals surface area (Å²) in [7, 11) is 0. The second-order valence-electron chi connectivity index (χ2n) is 5.53. The number of carboxylic acid groups (broad SMARTS) is 1. The van der Waals surface area contributed by atoms with E-state index in [1.54, 1.807) is 38.1 Å². The maximum absolute atomic E-state index is 12.2. The van der Waals surface area contributed by atoms with Crippen molar-refractivity contribution < 1.29 is 14.7 Å². The van der Waals surface area contributed by atoms with Crippen LogP contribution in [-0.2, 0) is 4.79 Å². The van der Waals surface area contributed by atoms with E-state index in [2.05, 4.69) is 5.32 Å². The molecule has 0 saturated heterocycles. The lowest BCUT2D eigenvalue weighted by molar-refractivity contribution is -0.148. The van der Waals surface area contributed by atoms with Crippen molar-refractivity contribution in [3.63, 3.8) is 0 Å². The minimum atomic E-state index is -1.04. The molecule has 1 unspecified atom stereocenters. The minimum Gasteiger partial charge on any atom is -0.481 e. The molecule has 0 bridgehead atoms. The summed E-state index contributed by atoms with van der Waals surface area (Å²) in [6.45, 7) is 5.15. The summed E-state index contributed by atoms with van der Waals surface area (Å²) in [4.78, 5) is 23.6. The third-order valence-corrected chi connectivity index (χ3v) is 3.58. The van der Waals surface area contributed by atoms with Crippen LogP contribution in [0.15, 0.2) is 24.3 Å². The Morgan fingerprint density at radius 2 is 1.90 bits per heavy atom. The van der Waals surface area contributed by atoms with Crippen molar-refractivity contribution in [2.45, 2.75) is 39.7 Å². The maximum Gasteiger partial charge on any atom is 0.311 e. The van der Waals surface area contributed by atoms with E-state index in [1.807, 2.05) is 13.0 Å². The SMILES string of the molecule is CCCC(NC(=O)c1ccc(C#N)cc1)C(C)(C)C(=O)O. The lowest BCUT2D eigenvalue weighted by Crippen LogP contribution is -2.48. The van der Waals surface area contributed by atoms with Crippen LogP contribution >= 0.6 is 0 Å². The van der Waals surface area contributed by atoms with Gasteiger partial charge in [0.05, 0.1) is 17.0 Å². The number of hydrogen-bond acceptors (Lipinski definition) is 3. The number of nitrogens with zero attached hydrogens (tertiary/aromatic N) is 1. The number of carboxylic acids is 1. The van der Waals surface area contributed by atoms with Gasteiger partial charge in [-0.15, -0.1) is 0 Å². The van der Waals surface area contributed by atoms with Crippen LogP contribution in [0, 0.1) is 16.7 Å². The lowest BCUT2D eigenvalue weighted by atomic mass is 9.82. The quantitative estimate of drug-likeness (QED) is 0.841. The lowest BCUT2D eigenvalue weighted by Gasteiger charge is -2.31. The molecular weight excluding hydrogens is 268 g/mol. The topological polar surface area (TPSA) is 90.2 Å². The van der Waals surface area contributed by atoms with Crippen molar-refractivity contribution in [1.82, 2.24) is 5.32 Å². The zero-order valence-electron chi connectivity index (χ0n) is 12.5. The highest BCUT2D eigenvalue weighted by Crippen LogP contribution is 2.24. The second-order valence-corrected chi connectivity index (χ2v) is 5.53. The number of hydrogen-bond donors (Lipinski definition) is 2. The Morgan fingerprint density at radius 3 is 2.33 bits per heavy atom. The normalized spacial score (nSPS) is 12.3. The molecule has 5 heteroatoms. The Morgan fingerprint density at radius 1 is 1.33 bits per heavy atom. The van der Waals surface area contributed by atoms with Gasteiger partial charge in [0.15, 0.2) is 0 Å². The molecular formula is C16H20N2O3. The number of carbonyl (C=O) groups is 2. The smallest absolute Gasteiger partial charge is 0.311 e. The molecule has 1 rings (SSSR count). The summed E-state index contributed by atoms with van der Waals surface area (Å²) in [6, 6.07) is 7.77. The molecule has 1 atom stereocenters. The number of benzene rings is 1. The van der Waals surface area contributed by atoms with Gasteiger partial charge in [-0.2, -0.15) is 5.26 Å². The monoisotopic (exact) mass is 288 g/mol. The molecule has 1 amide bonds. The van der Waals surface area contributed by atoms with Crippen molar-refractivity contribution in [3.8, 4) is 6.07 Å². The number of rotatable bonds is 6. The molecule has 2 N–H and O–H groups in total. The molecule has 0 aliphatic heterocycles. The van der Waals surface area contributed by atoms with Gasteiger partial charge in [-0.25, -0.2) is 0 Å². The molecule has 0 saturated carbocycles. The standard InChI is InChI=1S/C16H20N2O3/c1-4-5-13(16(2,3)15(20)21)18-14(19)12-8-6-11(10-17)7-9-12/h6-9,13H,4-5H2,1-3H3,(H,18,19)(H,20,21). The number of carbonyl (C=O) groups excluding carboxylic acids is 1. The summed E-state index contributed by atoms with van der Waals surface area (Å²) in [5.41, 5.74) is -0.156. The molecule has 5 nitrogen and oxygen atoms in total. The average molecular weight is 288 g/mol. The highest BCUT2D eigenvalue weighted by atomic mass is 16.4. The van der Waals surface area contributed by atoms with Crippen LogP contribution in [0.4, 0.5) is 0 Å². The van der Waals surface area contributed by atoms with Crippen LogP contribution in [0.3, 0.4) is 0 Å². The van der Waals surface area contributed by atoms with Gasteiger partial charge in [0.2, 0.25) is 0 Å². The minimum absolute atomic E-state index is 0.327. The second kappa shape index (κ2) is 6.89. The maximum atomic E-state index is 12.2. The third kappa shape index (κ3) is 4.06. The molecule has 0 spiro atoms. The summed E-state index contributed by atoms with van der Waals surface area (Å²) < 4.78 is 0.